The van der Waals surface area contributed by atoms with E-state index in [9.17, 15) is 14.7 Å². The number of carbonyl (C=O) groups is 2. The second kappa shape index (κ2) is 4.91. The SMILES string of the molecule is Cc1ccc2cc(C(=O)N(C3CC3)C(C)C(=O)O)[nH]c2c1. The van der Waals surface area contributed by atoms with Crippen molar-refractivity contribution >= 4 is 22.8 Å². The lowest BCUT2D eigenvalue weighted by atomic mass is 10.2. The van der Waals surface area contributed by atoms with Crippen LogP contribution in [0.2, 0.25) is 0 Å². The van der Waals surface area contributed by atoms with Crippen LogP contribution in [0.15, 0.2) is 24.3 Å². The van der Waals surface area contributed by atoms with E-state index in [-0.39, 0.29) is 11.9 Å². The van der Waals surface area contributed by atoms with E-state index in [1.165, 1.54) is 4.90 Å². The van der Waals surface area contributed by atoms with Crippen LogP contribution in [0.3, 0.4) is 0 Å². The molecule has 1 aliphatic rings. The molecule has 2 N–H and O–H groups in total. The van der Waals surface area contributed by atoms with Crippen LogP contribution in [0.25, 0.3) is 10.9 Å². The zero-order valence-corrected chi connectivity index (χ0v) is 12.1. The molecule has 110 valence electrons. The number of rotatable bonds is 4. The maximum atomic E-state index is 12.7. The fourth-order valence-electron chi connectivity index (χ4n) is 2.62. The van der Waals surface area contributed by atoms with Crippen LogP contribution in [0.1, 0.15) is 35.8 Å². The third kappa shape index (κ3) is 2.51. The van der Waals surface area contributed by atoms with Crippen LogP contribution in [0.5, 0.6) is 0 Å². The number of carboxylic acid groups (broad SMARTS) is 1. The number of hydrogen-bond acceptors (Lipinski definition) is 2. The number of carbonyl (C=O) groups excluding carboxylic acids is 1. The van der Waals surface area contributed by atoms with Gasteiger partial charge >= 0.3 is 5.97 Å². The summed E-state index contributed by atoms with van der Waals surface area (Å²) < 4.78 is 0. The highest BCUT2D eigenvalue weighted by Crippen LogP contribution is 2.30. The Morgan fingerprint density at radius 3 is 2.67 bits per heavy atom. The first-order valence-electron chi connectivity index (χ1n) is 7.12. The van der Waals surface area contributed by atoms with Gasteiger partial charge in [0.25, 0.3) is 5.91 Å². The number of nitrogens with zero attached hydrogens (tertiary/aromatic N) is 1. The zero-order chi connectivity index (χ0) is 15.1. The number of aliphatic carboxylic acids is 1. The van der Waals surface area contributed by atoms with E-state index < -0.39 is 12.0 Å². The van der Waals surface area contributed by atoms with E-state index in [1.807, 2.05) is 25.1 Å². The van der Waals surface area contributed by atoms with Gasteiger partial charge in [0, 0.05) is 16.9 Å². The Kier molecular flexibility index (Phi) is 3.20. The molecule has 0 aliphatic heterocycles. The highest BCUT2D eigenvalue weighted by Gasteiger charge is 2.39. The van der Waals surface area contributed by atoms with Crippen molar-refractivity contribution in [2.45, 2.75) is 38.8 Å². The summed E-state index contributed by atoms with van der Waals surface area (Å²) in [6.45, 7) is 3.55. The van der Waals surface area contributed by atoms with E-state index in [1.54, 1.807) is 13.0 Å². The zero-order valence-electron chi connectivity index (χ0n) is 12.1. The normalized spacial score (nSPS) is 15.9. The Morgan fingerprint density at radius 1 is 1.33 bits per heavy atom. The van der Waals surface area contributed by atoms with Crippen molar-refractivity contribution in [3.8, 4) is 0 Å². The molecule has 0 radical (unpaired) electrons. The third-order valence-electron chi connectivity index (χ3n) is 3.96. The number of aromatic amines is 1. The topological polar surface area (TPSA) is 73.4 Å². The number of fused-ring (bicyclic) bond motifs is 1. The van der Waals surface area contributed by atoms with Gasteiger partial charge in [-0.15, -0.1) is 0 Å². The Bertz CT molecular complexity index is 715. The standard InChI is InChI=1S/C16H18N2O3/c1-9-3-4-11-8-14(17-13(11)7-9)15(19)18(12-5-6-12)10(2)16(20)21/h3-4,7-8,10,12,17H,5-6H2,1-2H3,(H,20,21). The summed E-state index contributed by atoms with van der Waals surface area (Å²) in [5.41, 5.74) is 2.47. The van der Waals surface area contributed by atoms with Gasteiger partial charge in [0.2, 0.25) is 0 Å². The molecule has 1 fully saturated rings. The number of aromatic nitrogens is 1. The third-order valence-corrected chi connectivity index (χ3v) is 3.96. The van der Waals surface area contributed by atoms with Crippen molar-refractivity contribution in [3.63, 3.8) is 0 Å². The summed E-state index contributed by atoms with van der Waals surface area (Å²) in [6.07, 6.45) is 1.76. The molecule has 5 heteroatoms. The lowest BCUT2D eigenvalue weighted by Crippen LogP contribution is -2.44. The molecule has 1 aromatic heterocycles. The van der Waals surface area contributed by atoms with Gasteiger partial charge < -0.3 is 15.0 Å². The van der Waals surface area contributed by atoms with Gasteiger partial charge in [-0.2, -0.15) is 0 Å². The summed E-state index contributed by atoms with van der Waals surface area (Å²) in [5.74, 6) is -1.21. The number of carboxylic acids is 1. The van der Waals surface area contributed by atoms with Crippen molar-refractivity contribution in [2.24, 2.45) is 0 Å². The number of amides is 1. The Morgan fingerprint density at radius 2 is 2.05 bits per heavy atom. The molecule has 21 heavy (non-hydrogen) atoms. The molecule has 1 saturated carbocycles. The second-order valence-electron chi connectivity index (χ2n) is 5.73. The van der Waals surface area contributed by atoms with Crippen molar-refractivity contribution < 1.29 is 14.7 Å². The first-order chi connectivity index (χ1) is 9.97. The molecule has 2 aromatic rings. The minimum atomic E-state index is -0.970. The van der Waals surface area contributed by atoms with Crippen molar-refractivity contribution in [3.05, 3.63) is 35.5 Å². The fourth-order valence-corrected chi connectivity index (χ4v) is 2.62. The van der Waals surface area contributed by atoms with Gasteiger partial charge in [-0.3, -0.25) is 4.79 Å². The molecule has 5 nitrogen and oxygen atoms in total. The molecule has 0 saturated heterocycles. The van der Waals surface area contributed by atoms with Gasteiger partial charge in [0.1, 0.15) is 11.7 Å². The smallest absolute Gasteiger partial charge is 0.326 e. The van der Waals surface area contributed by atoms with Gasteiger partial charge in [-0.25, -0.2) is 4.79 Å². The van der Waals surface area contributed by atoms with Gasteiger partial charge in [0.15, 0.2) is 0 Å². The summed E-state index contributed by atoms with van der Waals surface area (Å²) in [4.78, 5) is 28.5. The summed E-state index contributed by atoms with van der Waals surface area (Å²) in [7, 11) is 0. The number of benzene rings is 1. The largest absolute Gasteiger partial charge is 0.480 e. The summed E-state index contributed by atoms with van der Waals surface area (Å²) in [5, 5.41) is 10.2. The second-order valence-corrected chi connectivity index (χ2v) is 5.73. The molecule has 1 amide bonds. The average molecular weight is 286 g/mol. The van der Waals surface area contributed by atoms with Gasteiger partial charge in [-0.1, -0.05) is 12.1 Å². The molecular weight excluding hydrogens is 268 g/mol. The van der Waals surface area contributed by atoms with Crippen molar-refractivity contribution in [1.82, 2.24) is 9.88 Å². The minimum Gasteiger partial charge on any atom is -0.480 e. The van der Waals surface area contributed by atoms with Gasteiger partial charge in [-0.05, 0) is 44.4 Å². The molecular formula is C16H18N2O3. The minimum absolute atomic E-state index is 0.0525. The fraction of sp³-hybridized carbons (Fsp3) is 0.375. The van der Waals surface area contributed by atoms with Crippen molar-refractivity contribution in [2.75, 3.05) is 0 Å². The molecule has 1 heterocycles. The van der Waals surface area contributed by atoms with E-state index >= 15 is 0 Å². The molecule has 1 aliphatic carbocycles. The first kappa shape index (κ1) is 13.7. The van der Waals surface area contributed by atoms with Crippen LogP contribution in [-0.4, -0.2) is 39.0 Å². The average Bonchev–Trinajstić information content (AvgIpc) is 3.17. The number of hydrogen-bond donors (Lipinski definition) is 2. The lowest BCUT2D eigenvalue weighted by Gasteiger charge is -2.25. The van der Waals surface area contributed by atoms with Crippen LogP contribution in [-0.2, 0) is 4.79 Å². The quantitative estimate of drug-likeness (QED) is 0.907. The predicted molar refractivity (Wildman–Crippen MR) is 79.3 cm³/mol. The monoisotopic (exact) mass is 286 g/mol. The molecule has 0 spiro atoms. The number of H-pyrrole nitrogens is 1. The van der Waals surface area contributed by atoms with Crippen LogP contribution in [0, 0.1) is 6.92 Å². The van der Waals surface area contributed by atoms with E-state index in [4.69, 9.17) is 0 Å². The number of aryl methyl sites for hydroxylation is 1. The van der Waals surface area contributed by atoms with Crippen molar-refractivity contribution in [1.29, 1.82) is 0 Å². The molecule has 0 bridgehead atoms. The molecule has 1 atom stereocenters. The Labute approximate surface area is 122 Å². The van der Waals surface area contributed by atoms with Crippen LogP contribution in [0.4, 0.5) is 0 Å². The van der Waals surface area contributed by atoms with Crippen LogP contribution >= 0.6 is 0 Å². The molecule has 3 rings (SSSR count). The number of nitrogens with one attached hydrogen (secondary N) is 1. The predicted octanol–water partition coefficient (Wildman–Crippen LogP) is 2.55. The molecule has 1 unspecified atom stereocenters. The van der Waals surface area contributed by atoms with E-state index in [0.29, 0.717) is 5.69 Å². The molecule has 1 aromatic carbocycles. The van der Waals surface area contributed by atoms with E-state index in [2.05, 4.69) is 4.98 Å². The van der Waals surface area contributed by atoms with Crippen LogP contribution < -0.4 is 0 Å². The van der Waals surface area contributed by atoms with Gasteiger partial charge in [0.05, 0.1) is 0 Å². The highest BCUT2D eigenvalue weighted by atomic mass is 16.4. The Balaban J connectivity index is 1.95. The maximum absolute atomic E-state index is 12.7. The summed E-state index contributed by atoms with van der Waals surface area (Å²) in [6, 6.07) is 6.97. The Hall–Kier alpha value is -2.30. The highest BCUT2D eigenvalue weighted by molar-refractivity contribution is 6.00. The first-order valence-corrected chi connectivity index (χ1v) is 7.12. The van der Waals surface area contributed by atoms with E-state index in [0.717, 1.165) is 29.3 Å². The maximum Gasteiger partial charge on any atom is 0.326 e. The lowest BCUT2D eigenvalue weighted by molar-refractivity contribution is -0.141. The summed E-state index contributed by atoms with van der Waals surface area (Å²) >= 11 is 0.